The first-order chi connectivity index (χ1) is 11.2. The van der Waals surface area contributed by atoms with Crippen molar-refractivity contribution in [2.45, 2.75) is 45.6 Å². The van der Waals surface area contributed by atoms with Gasteiger partial charge in [-0.2, -0.15) is 5.10 Å². The van der Waals surface area contributed by atoms with E-state index in [4.69, 9.17) is 4.74 Å². The van der Waals surface area contributed by atoms with Crippen LogP contribution in [0.2, 0.25) is 0 Å². The fraction of sp³-hybridized carbons (Fsp3) is 0.812. The minimum Gasteiger partial charge on any atom is -0.382 e. The van der Waals surface area contributed by atoms with Gasteiger partial charge in [-0.05, 0) is 31.6 Å². The van der Waals surface area contributed by atoms with E-state index in [0.717, 1.165) is 38.0 Å². The van der Waals surface area contributed by atoms with E-state index in [1.54, 1.807) is 18.1 Å². The van der Waals surface area contributed by atoms with Crippen molar-refractivity contribution >= 4 is 5.96 Å². The van der Waals surface area contributed by atoms with Crippen LogP contribution in [0.15, 0.2) is 11.3 Å². The van der Waals surface area contributed by atoms with Crippen LogP contribution in [-0.2, 0) is 18.3 Å². The zero-order valence-corrected chi connectivity index (χ0v) is 14.6. The summed E-state index contributed by atoms with van der Waals surface area (Å²) in [5.41, 5.74) is 0.345. The Labute approximate surface area is 138 Å². The van der Waals surface area contributed by atoms with Crippen LogP contribution >= 0.6 is 0 Å². The van der Waals surface area contributed by atoms with E-state index in [0.29, 0.717) is 12.0 Å². The van der Waals surface area contributed by atoms with Crippen molar-refractivity contribution in [3.05, 3.63) is 12.2 Å². The minimum absolute atomic E-state index is 0.345. The zero-order valence-electron chi connectivity index (χ0n) is 14.6. The second kappa shape index (κ2) is 8.86. The molecule has 1 aliphatic carbocycles. The molecule has 1 aromatic rings. The van der Waals surface area contributed by atoms with Gasteiger partial charge in [0.25, 0.3) is 0 Å². The number of hydrogen-bond donors (Lipinski definition) is 2. The van der Waals surface area contributed by atoms with E-state index < -0.39 is 0 Å². The molecule has 0 atom stereocenters. The largest absolute Gasteiger partial charge is 0.382 e. The van der Waals surface area contributed by atoms with Gasteiger partial charge in [0, 0.05) is 33.9 Å². The molecule has 7 heteroatoms. The van der Waals surface area contributed by atoms with Crippen molar-refractivity contribution < 1.29 is 4.74 Å². The molecule has 23 heavy (non-hydrogen) atoms. The van der Waals surface area contributed by atoms with Crippen LogP contribution in [0.1, 0.15) is 44.9 Å². The van der Waals surface area contributed by atoms with Crippen LogP contribution < -0.4 is 10.6 Å². The molecule has 0 aliphatic heterocycles. The van der Waals surface area contributed by atoms with Crippen LogP contribution in [0, 0.1) is 5.41 Å². The Kier molecular flexibility index (Phi) is 6.83. The highest BCUT2D eigenvalue weighted by atomic mass is 16.5. The summed E-state index contributed by atoms with van der Waals surface area (Å²) in [7, 11) is 3.69. The fourth-order valence-electron chi connectivity index (χ4n) is 3.21. The molecule has 2 rings (SSSR count). The summed E-state index contributed by atoms with van der Waals surface area (Å²) in [6.45, 7) is 5.26. The van der Waals surface area contributed by atoms with Gasteiger partial charge in [0.05, 0.1) is 6.54 Å². The van der Waals surface area contributed by atoms with Gasteiger partial charge in [-0.1, -0.05) is 12.8 Å². The van der Waals surface area contributed by atoms with Gasteiger partial charge in [0.1, 0.15) is 12.2 Å². The summed E-state index contributed by atoms with van der Waals surface area (Å²) < 4.78 is 7.34. The molecule has 1 saturated carbocycles. The van der Waals surface area contributed by atoms with Gasteiger partial charge >= 0.3 is 0 Å². The number of rotatable bonds is 8. The van der Waals surface area contributed by atoms with Crippen LogP contribution in [0.4, 0.5) is 0 Å². The molecule has 0 aromatic carbocycles. The van der Waals surface area contributed by atoms with Crippen molar-refractivity contribution in [1.29, 1.82) is 0 Å². The predicted octanol–water partition coefficient (Wildman–Crippen LogP) is 1.47. The molecule has 0 bridgehead atoms. The third kappa shape index (κ3) is 5.20. The van der Waals surface area contributed by atoms with E-state index in [-0.39, 0.29) is 0 Å². The molecule has 0 spiro atoms. The third-order valence-electron chi connectivity index (χ3n) is 4.72. The highest BCUT2D eigenvalue weighted by Crippen LogP contribution is 2.40. The van der Waals surface area contributed by atoms with Gasteiger partial charge < -0.3 is 15.4 Å². The Bertz CT molecular complexity index is 493. The lowest BCUT2D eigenvalue weighted by molar-refractivity contribution is 0.105. The maximum atomic E-state index is 5.57. The quantitative estimate of drug-likeness (QED) is 0.430. The molecular formula is C16H30N6O. The predicted molar refractivity (Wildman–Crippen MR) is 91.2 cm³/mol. The lowest BCUT2D eigenvalue weighted by Crippen LogP contribution is -2.43. The first kappa shape index (κ1) is 17.7. The second-order valence-corrected chi connectivity index (χ2v) is 6.23. The van der Waals surface area contributed by atoms with Crippen molar-refractivity contribution in [3.8, 4) is 0 Å². The number of ether oxygens (including phenoxy) is 1. The monoisotopic (exact) mass is 322 g/mol. The van der Waals surface area contributed by atoms with Crippen molar-refractivity contribution in [2.24, 2.45) is 17.5 Å². The molecule has 130 valence electrons. The molecule has 0 amide bonds. The molecule has 7 nitrogen and oxygen atoms in total. The first-order valence-electron chi connectivity index (χ1n) is 8.54. The maximum Gasteiger partial charge on any atom is 0.191 e. The Balaban J connectivity index is 1.81. The number of nitrogens with one attached hydrogen (secondary N) is 2. The highest BCUT2D eigenvalue weighted by molar-refractivity contribution is 5.79. The third-order valence-corrected chi connectivity index (χ3v) is 4.72. The lowest BCUT2D eigenvalue weighted by atomic mass is 9.83. The summed E-state index contributed by atoms with van der Waals surface area (Å²) in [5, 5.41) is 10.9. The van der Waals surface area contributed by atoms with Crippen molar-refractivity contribution in [2.75, 3.05) is 26.8 Å². The smallest absolute Gasteiger partial charge is 0.191 e. The molecular weight excluding hydrogens is 292 g/mol. The normalized spacial score (nSPS) is 17.4. The molecule has 1 fully saturated rings. The summed E-state index contributed by atoms with van der Waals surface area (Å²) in [5.74, 6) is 1.70. The SMILES string of the molecule is CCOCCC1(CNC(=NC)NCc2ncnn2C)CCCC1. The fourth-order valence-corrected chi connectivity index (χ4v) is 3.21. The Hall–Kier alpha value is -1.63. The lowest BCUT2D eigenvalue weighted by Gasteiger charge is -2.30. The standard InChI is InChI=1S/C16H30N6O/c1-4-23-10-9-16(7-5-6-8-16)12-19-15(17-2)18-11-14-20-13-21-22(14)3/h13H,4-12H2,1-3H3,(H2,17,18,19). The van der Waals surface area contributed by atoms with Crippen molar-refractivity contribution in [1.82, 2.24) is 25.4 Å². The summed E-state index contributed by atoms with van der Waals surface area (Å²) >= 11 is 0. The van der Waals surface area contributed by atoms with Gasteiger partial charge in [0.15, 0.2) is 5.96 Å². The minimum atomic E-state index is 0.345. The molecule has 1 aliphatic rings. The molecule has 0 unspecified atom stereocenters. The van der Waals surface area contributed by atoms with Gasteiger partial charge in [-0.25, -0.2) is 4.98 Å². The van der Waals surface area contributed by atoms with E-state index in [9.17, 15) is 0 Å². The average molecular weight is 322 g/mol. The summed E-state index contributed by atoms with van der Waals surface area (Å²) in [6.07, 6.45) is 7.86. The number of aliphatic imine (C=N–C) groups is 1. The van der Waals surface area contributed by atoms with Crippen LogP contribution in [0.5, 0.6) is 0 Å². The van der Waals surface area contributed by atoms with E-state index in [1.807, 2.05) is 7.05 Å². The maximum absolute atomic E-state index is 5.57. The molecule has 0 saturated heterocycles. The average Bonchev–Trinajstić information content (AvgIpc) is 3.18. The Morgan fingerprint density at radius 2 is 2.17 bits per heavy atom. The topological polar surface area (TPSA) is 76.4 Å². The molecule has 0 radical (unpaired) electrons. The van der Waals surface area contributed by atoms with E-state index in [1.165, 1.54) is 25.7 Å². The van der Waals surface area contributed by atoms with Gasteiger partial charge in [0.2, 0.25) is 0 Å². The van der Waals surface area contributed by atoms with Crippen LogP contribution in [-0.4, -0.2) is 47.5 Å². The van der Waals surface area contributed by atoms with Crippen molar-refractivity contribution in [3.63, 3.8) is 0 Å². The molecule has 1 heterocycles. The van der Waals surface area contributed by atoms with Crippen LogP contribution in [0.3, 0.4) is 0 Å². The van der Waals surface area contributed by atoms with E-state index >= 15 is 0 Å². The Morgan fingerprint density at radius 3 is 2.78 bits per heavy atom. The number of guanidine groups is 1. The van der Waals surface area contributed by atoms with E-state index in [2.05, 4.69) is 32.6 Å². The number of aromatic nitrogens is 3. The number of nitrogens with zero attached hydrogens (tertiary/aromatic N) is 4. The first-order valence-corrected chi connectivity index (χ1v) is 8.54. The second-order valence-electron chi connectivity index (χ2n) is 6.23. The van der Waals surface area contributed by atoms with Crippen LogP contribution in [0.25, 0.3) is 0 Å². The summed E-state index contributed by atoms with van der Waals surface area (Å²) in [4.78, 5) is 8.52. The molecule has 2 N–H and O–H groups in total. The highest BCUT2D eigenvalue weighted by Gasteiger charge is 2.33. The van der Waals surface area contributed by atoms with Gasteiger partial charge in [-0.15, -0.1) is 0 Å². The summed E-state index contributed by atoms with van der Waals surface area (Å²) in [6, 6.07) is 0. The zero-order chi connectivity index (χ0) is 16.5. The molecule has 1 aromatic heterocycles. The van der Waals surface area contributed by atoms with Gasteiger partial charge in [-0.3, -0.25) is 9.67 Å². The Morgan fingerprint density at radius 1 is 1.39 bits per heavy atom. The number of hydrogen-bond acceptors (Lipinski definition) is 4. The number of aryl methyl sites for hydroxylation is 1.